The van der Waals surface area contributed by atoms with Crippen LogP contribution in [0.4, 0.5) is 0 Å². The van der Waals surface area contributed by atoms with Crippen molar-refractivity contribution in [3.8, 4) is 0 Å². The third kappa shape index (κ3) is 1.51. The first kappa shape index (κ1) is 9.46. The molecular weight excluding hydrogens is 296 g/mol. The molecule has 1 aromatic heterocycles. The molecule has 2 aromatic carbocycles. The summed E-state index contributed by atoms with van der Waals surface area (Å²) in [6, 6.07) is 13.8. The van der Waals surface area contributed by atoms with Gasteiger partial charge in [0.2, 0.25) is 0 Å². The van der Waals surface area contributed by atoms with Crippen molar-refractivity contribution in [1.29, 1.82) is 0 Å². The minimum absolute atomic E-state index is 0.119. The van der Waals surface area contributed by atoms with Crippen LogP contribution in [-0.4, -0.2) is 20.4 Å². The van der Waals surface area contributed by atoms with E-state index in [9.17, 15) is 0 Å². The quantitative estimate of drug-likeness (QED) is 0.556. The van der Waals surface area contributed by atoms with E-state index < -0.39 is 0 Å². The fourth-order valence-corrected chi connectivity index (χ4v) is 5.71. The van der Waals surface area contributed by atoms with Gasteiger partial charge in [-0.15, -0.1) is 0 Å². The Balaban J connectivity index is 2.51. The molecule has 0 aliphatic rings. The van der Waals surface area contributed by atoms with Gasteiger partial charge < -0.3 is 0 Å². The molecule has 0 bridgehead atoms. The van der Waals surface area contributed by atoms with E-state index in [0.717, 1.165) is 0 Å². The summed E-state index contributed by atoms with van der Waals surface area (Å²) >= 11 is -0.119. The number of hydrogen-bond acceptors (Lipinski definition) is 0. The zero-order valence-electron chi connectivity index (χ0n) is 8.87. The molecule has 0 nitrogen and oxygen atoms in total. The van der Waals surface area contributed by atoms with Crippen LogP contribution < -0.4 is 0 Å². The van der Waals surface area contributed by atoms with Gasteiger partial charge in [-0.1, -0.05) is 0 Å². The molecule has 15 heavy (non-hydrogen) atoms. The van der Waals surface area contributed by atoms with Crippen molar-refractivity contribution in [1.82, 2.24) is 0 Å². The summed E-state index contributed by atoms with van der Waals surface area (Å²) in [6.07, 6.45) is 0. The Kier molecular flexibility index (Phi) is 2.12. The summed E-state index contributed by atoms with van der Waals surface area (Å²) in [4.78, 5) is 0. The summed E-state index contributed by atoms with van der Waals surface area (Å²) in [7, 11) is 0. The van der Waals surface area contributed by atoms with Crippen molar-refractivity contribution in [2.75, 3.05) is 0 Å². The molecule has 0 aliphatic heterocycles. The Morgan fingerprint density at radius 1 is 0.733 bits per heavy atom. The van der Waals surface area contributed by atoms with Crippen LogP contribution in [0.3, 0.4) is 0 Å². The first-order valence-electron chi connectivity index (χ1n) is 5.13. The number of benzene rings is 2. The van der Waals surface area contributed by atoms with Gasteiger partial charge in [-0.25, -0.2) is 0 Å². The third-order valence-corrected chi connectivity index (χ3v) is 5.97. The van der Waals surface area contributed by atoms with Gasteiger partial charge in [0, 0.05) is 0 Å². The van der Waals surface area contributed by atoms with Gasteiger partial charge in [0.1, 0.15) is 0 Å². The number of fused-ring (bicyclic) bond motifs is 3. The topological polar surface area (TPSA) is 0 Å². The summed E-state index contributed by atoms with van der Waals surface area (Å²) in [5.41, 5.74) is 2.78. The van der Waals surface area contributed by atoms with Gasteiger partial charge >= 0.3 is 99.4 Å². The first-order valence-corrected chi connectivity index (χ1v) is 7.46. The maximum absolute atomic E-state index is 2.37. The van der Waals surface area contributed by atoms with Crippen molar-refractivity contribution in [3.63, 3.8) is 0 Å². The number of hydrogen-bond donors (Lipinski definition) is 0. The Bertz CT molecular complexity index is 591. The predicted molar refractivity (Wildman–Crippen MR) is 67.9 cm³/mol. The Hall–Kier alpha value is -0.770. The van der Waals surface area contributed by atoms with E-state index in [0.29, 0.717) is 0 Å². The van der Waals surface area contributed by atoms with Crippen molar-refractivity contribution in [2.45, 2.75) is 13.8 Å². The molecule has 0 amide bonds. The van der Waals surface area contributed by atoms with E-state index in [2.05, 4.69) is 50.2 Å². The summed E-state index contributed by atoms with van der Waals surface area (Å²) in [6.45, 7) is 4.36. The van der Waals surface area contributed by atoms with Gasteiger partial charge in [-0.3, -0.25) is 0 Å². The fourth-order valence-electron chi connectivity index (χ4n) is 1.99. The fraction of sp³-hybridized carbons (Fsp3) is 0.143. The van der Waals surface area contributed by atoms with Crippen molar-refractivity contribution < 1.29 is 0 Å². The molecule has 74 valence electrons. The molecule has 0 saturated carbocycles. The van der Waals surface area contributed by atoms with Crippen LogP contribution in [-0.2, 0) is 0 Å². The molecule has 0 radical (unpaired) electrons. The predicted octanol–water partition coefficient (Wildman–Crippen LogP) is 3.67. The molecule has 0 atom stereocenters. The SMILES string of the molecule is Cc1ccc2c(c1)[te]c1cc(C)ccc12. The van der Waals surface area contributed by atoms with Crippen LogP contribution in [0.15, 0.2) is 36.4 Å². The normalized spacial score (nSPS) is 11.3. The van der Waals surface area contributed by atoms with Crippen LogP contribution in [0, 0.1) is 13.8 Å². The molecule has 0 unspecified atom stereocenters. The van der Waals surface area contributed by atoms with E-state index in [1.165, 1.54) is 21.9 Å². The summed E-state index contributed by atoms with van der Waals surface area (Å²) < 4.78 is 3.22. The molecular formula is C14H12Te. The van der Waals surface area contributed by atoms with E-state index >= 15 is 0 Å². The van der Waals surface area contributed by atoms with Crippen molar-refractivity contribution in [3.05, 3.63) is 47.5 Å². The average Bonchev–Trinajstić information content (AvgIpc) is 2.53. The summed E-state index contributed by atoms with van der Waals surface area (Å²) in [5.74, 6) is 0. The number of aryl methyl sites for hydroxylation is 2. The molecule has 1 heteroatoms. The monoisotopic (exact) mass is 310 g/mol. The van der Waals surface area contributed by atoms with Crippen LogP contribution in [0.1, 0.15) is 11.1 Å². The van der Waals surface area contributed by atoms with Crippen molar-refractivity contribution >= 4 is 38.0 Å². The summed E-state index contributed by atoms with van der Waals surface area (Å²) in [5, 5.41) is 2.97. The Morgan fingerprint density at radius 3 is 1.67 bits per heavy atom. The molecule has 0 aliphatic carbocycles. The minimum atomic E-state index is -0.119. The first-order chi connectivity index (χ1) is 7.24. The van der Waals surface area contributed by atoms with E-state index in [1.54, 1.807) is 6.80 Å². The molecule has 0 N–H and O–H groups in total. The molecule has 1 heterocycles. The molecule has 0 fully saturated rings. The van der Waals surface area contributed by atoms with Crippen LogP contribution in [0.5, 0.6) is 0 Å². The van der Waals surface area contributed by atoms with Crippen molar-refractivity contribution in [2.24, 2.45) is 0 Å². The van der Waals surface area contributed by atoms with Gasteiger partial charge in [0.25, 0.3) is 0 Å². The Morgan fingerprint density at radius 2 is 1.20 bits per heavy atom. The molecule has 0 spiro atoms. The average molecular weight is 308 g/mol. The Labute approximate surface area is 99.2 Å². The van der Waals surface area contributed by atoms with Gasteiger partial charge in [-0.2, -0.15) is 0 Å². The second-order valence-corrected chi connectivity index (χ2v) is 7.19. The third-order valence-electron chi connectivity index (χ3n) is 2.78. The number of rotatable bonds is 0. The van der Waals surface area contributed by atoms with Crippen LogP contribution in [0.25, 0.3) is 17.6 Å². The van der Waals surface area contributed by atoms with Gasteiger partial charge in [0.15, 0.2) is 0 Å². The second-order valence-electron chi connectivity index (χ2n) is 4.10. The molecule has 3 aromatic rings. The molecule has 3 rings (SSSR count). The van der Waals surface area contributed by atoms with Gasteiger partial charge in [-0.05, 0) is 0 Å². The zero-order valence-corrected chi connectivity index (χ0v) is 11.2. The van der Waals surface area contributed by atoms with E-state index in [-0.39, 0.29) is 20.4 Å². The van der Waals surface area contributed by atoms with Crippen LogP contribution >= 0.6 is 0 Å². The molecule has 0 saturated heterocycles. The second kappa shape index (κ2) is 3.37. The van der Waals surface area contributed by atoms with Crippen LogP contribution in [0.2, 0.25) is 0 Å². The zero-order chi connectivity index (χ0) is 10.4. The van der Waals surface area contributed by atoms with Gasteiger partial charge in [0.05, 0.1) is 0 Å². The van der Waals surface area contributed by atoms with E-state index in [1.807, 2.05) is 0 Å². The maximum atomic E-state index is 2.37. The standard InChI is InChI=1S/C14H12Te/c1-9-3-5-11-12-6-4-10(2)8-14(12)15-13(11)7-9/h3-8H,1-2H3. The van der Waals surface area contributed by atoms with E-state index in [4.69, 9.17) is 0 Å².